The number of para-hydroxylation sites is 1. The van der Waals surface area contributed by atoms with Gasteiger partial charge in [0.15, 0.2) is 0 Å². The van der Waals surface area contributed by atoms with Gasteiger partial charge in [-0.1, -0.05) is 28.1 Å². The second-order valence-corrected chi connectivity index (χ2v) is 7.11. The lowest BCUT2D eigenvalue weighted by atomic mass is 10.2. The highest BCUT2D eigenvalue weighted by molar-refractivity contribution is 9.10. The van der Waals surface area contributed by atoms with E-state index < -0.39 is 10.0 Å². The highest BCUT2D eigenvalue weighted by Gasteiger charge is 2.21. The molecule has 8 heteroatoms. The molecule has 2 N–H and O–H groups in total. The van der Waals surface area contributed by atoms with Crippen molar-refractivity contribution in [3.63, 3.8) is 0 Å². The summed E-state index contributed by atoms with van der Waals surface area (Å²) in [6.45, 7) is 0. The summed E-state index contributed by atoms with van der Waals surface area (Å²) in [6.07, 6.45) is 1.63. The number of sulfonamides is 1. The van der Waals surface area contributed by atoms with Crippen LogP contribution in [0.1, 0.15) is 0 Å². The van der Waals surface area contributed by atoms with Crippen molar-refractivity contribution in [3.8, 4) is 5.75 Å². The zero-order valence-corrected chi connectivity index (χ0v) is 13.9. The van der Waals surface area contributed by atoms with Crippen molar-refractivity contribution in [1.82, 2.24) is 10.2 Å². The van der Waals surface area contributed by atoms with E-state index in [1.165, 1.54) is 13.2 Å². The number of aromatic amines is 1. The Balaban J connectivity index is 2.08. The first-order valence-corrected chi connectivity index (χ1v) is 8.57. The number of aromatic nitrogens is 2. The van der Waals surface area contributed by atoms with E-state index >= 15 is 0 Å². The molecule has 0 amide bonds. The lowest BCUT2D eigenvalue weighted by Gasteiger charge is -2.12. The van der Waals surface area contributed by atoms with Gasteiger partial charge in [-0.3, -0.25) is 9.82 Å². The van der Waals surface area contributed by atoms with Crippen LogP contribution in [0.5, 0.6) is 5.75 Å². The van der Waals surface area contributed by atoms with Crippen LogP contribution < -0.4 is 9.46 Å². The predicted molar refractivity (Wildman–Crippen MR) is 87.6 cm³/mol. The number of benzene rings is 2. The molecule has 114 valence electrons. The molecule has 22 heavy (non-hydrogen) atoms. The number of nitrogens with zero attached hydrogens (tertiary/aromatic N) is 1. The Morgan fingerprint density at radius 2 is 2.09 bits per heavy atom. The van der Waals surface area contributed by atoms with E-state index in [0.29, 0.717) is 15.7 Å². The Labute approximate surface area is 135 Å². The first-order chi connectivity index (χ1) is 10.5. The molecule has 0 aliphatic carbocycles. The Bertz CT molecular complexity index is 937. The smallest absolute Gasteiger partial charge is 0.265 e. The second kappa shape index (κ2) is 5.62. The summed E-state index contributed by atoms with van der Waals surface area (Å²) in [4.78, 5) is 0.0564. The zero-order chi connectivity index (χ0) is 15.7. The largest absolute Gasteiger partial charge is 0.495 e. The first-order valence-electron chi connectivity index (χ1n) is 6.30. The van der Waals surface area contributed by atoms with Crippen LogP contribution in [0.2, 0.25) is 0 Å². The minimum Gasteiger partial charge on any atom is -0.495 e. The Morgan fingerprint density at radius 3 is 2.86 bits per heavy atom. The fourth-order valence-electron chi connectivity index (χ4n) is 2.11. The van der Waals surface area contributed by atoms with Gasteiger partial charge >= 0.3 is 0 Å². The van der Waals surface area contributed by atoms with Crippen molar-refractivity contribution in [3.05, 3.63) is 47.1 Å². The highest BCUT2D eigenvalue weighted by Crippen LogP contribution is 2.30. The topological polar surface area (TPSA) is 84.1 Å². The van der Waals surface area contributed by atoms with Gasteiger partial charge in [0.25, 0.3) is 10.0 Å². The van der Waals surface area contributed by atoms with Crippen LogP contribution in [0.4, 0.5) is 5.69 Å². The average molecular weight is 382 g/mol. The van der Waals surface area contributed by atoms with Gasteiger partial charge in [0, 0.05) is 9.86 Å². The normalized spacial score (nSPS) is 11.5. The summed E-state index contributed by atoms with van der Waals surface area (Å²) in [5, 5.41) is 7.53. The molecule has 0 aliphatic rings. The summed E-state index contributed by atoms with van der Waals surface area (Å²) in [7, 11) is -2.37. The molecule has 0 fully saturated rings. The van der Waals surface area contributed by atoms with E-state index in [-0.39, 0.29) is 10.6 Å². The highest BCUT2D eigenvalue weighted by atomic mass is 79.9. The van der Waals surface area contributed by atoms with E-state index in [1.807, 2.05) is 6.07 Å². The van der Waals surface area contributed by atoms with Crippen molar-refractivity contribution in [2.45, 2.75) is 4.90 Å². The summed E-state index contributed by atoms with van der Waals surface area (Å²) < 4.78 is 33.7. The number of methoxy groups -OCH3 is 1. The molecular formula is C14H12BrN3O3S. The summed E-state index contributed by atoms with van der Waals surface area (Å²) >= 11 is 3.27. The number of nitrogens with one attached hydrogen (secondary N) is 2. The lowest BCUT2D eigenvalue weighted by molar-refractivity contribution is 0.403. The Morgan fingerprint density at radius 1 is 1.27 bits per heavy atom. The molecule has 0 unspecified atom stereocenters. The van der Waals surface area contributed by atoms with Gasteiger partial charge in [-0.05, 0) is 24.3 Å². The van der Waals surface area contributed by atoms with Crippen LogP contribution in [0.15, 0.2) is 52.0 Å². The zero-order valence-electron chi connectivity index (χ0n) is 11.5. The molecule has 0 atom stereocenters. The molecule has 0 spiro atoms. The maximum Gasteiger partial charge on any atom is 0.265 e. The predicted octanol–water partition coefficient (Wildman–Crippen LogP) is 3.13. The quantitative estimate of drug-likeness (QED) is 0.726. The van der Waals surface area contributed by atoms with Crippen LogP contribution in [-0.4, -0.2) is 25.7 Å². The SMILES string of the molecule is COc1ccc(Br)cc1S(=O)(=O)Nc1cccc2cn[nH]c12. The monoisotopic (exact) mass is 381 g/mol. The number of ether oxygens (including phenoxy) is 1. The van der Waals surface area contributed by atoms with Crippen molar-refractivity contribution in [2.24, 2.45) is 0 Å². The van der Waals surface area contributed by atoms with Gasteiger partial charge in [-0.2, -0.15) is 5.10 Å². The second-order valence-electron chi connectivity index (χ2n) is 4.54. The fraction of sp³-hybridized carbons (Fsp3) is 0.0714. The number of hydrogen-bond donors (Lipinski definition) is 2. The number of hydrogen-bond acceptors (Lipinski definition) is 4. The molecule has 0 saturated carbocycles. The molecule has 6 nitrogen and oxygen atoms in total. The van der Waals surface area contributed by atoms with E-state index in [4.69, 9.17) is 4.74 Å². The van der Waals surface area contributed by atoms with E-state index in [1.54, 1.807) is 30.5 Å². The number of rotatable bonds is 4. The maximum atomic E-state index is 12.7. The van der Waals surface area contributed by atoms with Gasteiger partial charge in [0.1, 0.15) is 10.6 Å². The van der Waals surface area contributed by atoms with Crippen molar-refractivity contribution >= 4 is 42.5 Å². The van der Waals surface area contributed by atoms with Gasteiger partial charge in [0.2, 0.25) is 0 Å². The Hall–Kier alpha value is -2.06. The number of H-pyrrole nitrogens is 1. The standard InChI is InChI=1S/C14H12BrN3O3S/c1-21-12-6-5-10(15)7-13(12)22(19,20)18-11-4-2-3-9-8-16-17-14(9)11/h2-8,18H,1H3,(H,16,17). The van der Waals surface area contributed by atoms with Gasteiger partial charge < -0.3 is 4.74 Å². The third-order valence-electron chi connectivity index (χ3n) is 3.14. The lowest BCUT2D eigenvalue weighted by Crippen LogP contribution is -2.14. The average Bonchev–Trinajstić information content (AvgIpc) is 2.96. The maximum absolute atomic E-state index is 12.7. The van der Waals surface area contributed by atoms with Gasteiger partial charge in [-0.15, -0.1) is 0 Å². The van der Waals surface area contributed by atoms with Crippen LogP contribution in [0, 0.1) is 0 Å². The van der Waals surface area contributed by atoms with Gasteiger partial charge in [-0.25, -0.2) is 8.42 Å². The fourth-order valence-corrected chi connectivity index (χ4v) is 3.89. The minimum atomic E-state index is -3.80. The minimum absolute atomic E-state index is 0.0564. The van der Waals surface area contributed by atoms with Crippen LogP contribution in [0.25, 0.3) is 10.9 Å². The van der Waals surface area contributed by atoms with Crippen LogP contribution in [-0.2, 0) is 10.0 Å². The van der Waals surface area contributed by atoms with Crippen LogP contribution >= 0.6 is 15.9 Å². The van der Waals surface area contributed by atoms with E-state index in [2.05, 4.69) is 30.8 Å². The van der Waals surface area contributed by atoms with E-state index in [9.17, 15) is 8.42 Å². The number of anilines is 1. The first kappa shape index (κ1) is 14.9. The Kier molecular flexibility index (Phi) is 3.79. The van der Waals surface area contributed by atoms with Crippen molar-refractivity contribution in [1.29, 1.82) is 0 Å². The molecule has 2 aromatic carbocycles. The molecule has 1 aromatic heterocycles. The molecule has 0 bridgehead atoms. The van der Waals surface area contributed by atoms with Crippen molar-refractivity contribution < 1.29 is 13.2 Å². The van der Waals surface area contributed by atoms with Crippen LogP contribution in [0.3, 0.4) is 0 Å². The molecular weight excluding hydrogens is 370 g/mol. The number of halogens is 1. The van der Waals surface area contributed by atoms with E-state index in [0.717, 1.165) is 5.39 Å². The summed E-state index contributed by atoms with van der Waals surface area (Å²) in [5.74, 6) is 0.271. The molecule has 0 aliphatic heterocycles. The van der Waals surface area contributed by atoms with Crippen molar-refractivity contribution in [2.75, 3.05) is 11.8 Å². The molecule has 0 radical (unpaired) electrons. The summed E-state index contributed by atoms with van der Waals surface area (Å²) in [5.41, 5.74) is 1.05. The number of fused-ring (bicyclic) bond motifs is 1. The molecule has 0 saturated heterocycles. The molecule has 1 heterocycles. The molecule has 3 aromatic rings. The summed E-state index contributed by atoms with van der Waals surface area (Å²) in [6, 6.07) is 10.1. The third kappa shape index (κ3) is 2.67. The van der Waals surface area contributed by atoms with Gasteiger partial charge in [0.05, 0.1) is 24.5 Å². The third-order valence-corrected chi connectivity index (χ3v) is 5.02. The molecule has 3 rings (SSSR count).